The van der Waals surface area contributed by atoms with Crippen molar-refractivity contribution in [1.82, 2.24) is 15.1 Å². The number of nitrogens with one attached hydrogen (secondary N) is 1. The first-order chi connectivity index (χ1) is 10.2. The van der Waals surface area contributed by atoms with Crippen molar-refractivity contribution < 1.29 is 9.47 Å². The van der Waals surface area contributed by atoms with E-state index in [-0.39, 0.29) is 0 Å². The molecule has 2 aliphatic heterocycles. The molecule has 116 valence electrons. The lowest BCUT2D eigenvalue weighted by Gasteiger charge is -2.40. The quantitative estimate of drug-likeness (QED) is 0.905. The number of benzene rings is 1. The highest BCUT2D eigenvalue weighted by Gasteiger charge is 2.25. The van der Waals surface area contributed by atoms with Crippen LogP contribution in [-0.2, 0) is 0 Å². The minimum absolute atomic E-state index is 0.311. The zero-order valence-electron chi connectivity index (χ0n) is 13.1. The average Bonchev–Trinajstić information content (AvgIpc) is 2.94. The molecule has 1 fully saturated rings. The molecule has 0 aromatic heterocycles. The standard InChI is InChI=1S/C16H25N3O2/c1-12-9-18(3)6-7-19(12)10-14(17-2)13-4-5-15-16(8-13)21-11-20-15/h4-5,8,12,14,17H,6-7,9-11H2,1-3H3. The van der Waals surface area contributed by atoms with Crippen LogP contribution in [0.15, 0.2) is 18.2 Å². The van der Waals surface area contributed by atoms with Crippen molar-refractivity contribution >= 4 is 0 Å². The molecule has 2 atom stereocenters. The lowest BCUT2D eigenvalue weighted by Crippen LogP contribution is -2.52. The summed E-state index contributed by atoms with van der Waals surface area (Å²) in [6.45, 7) is 7.06. The van der Waals surface area contributed by atoms with Crippen molar-refractivity contribution in [2.75, 3.05) is 47.1 Å². The Kier molecular flexibility index (Phi) is 4.33. The van der Waals surface area contributed by atoms with Crippen molar-refractivity contribution in [3.63, 3.8) is 0 Å². The van der Waals surface area contributed by atoms with Gasteiger partial charge in [-0.15, -0.1) is 0 Å². The molecule has 0 spiro atoms. The van der Waals surface area contributed by atoms with E-state index in [1.807, 2.05) is 13.1 Å². The molecule has 2 unspecified atom stereocenters. The molecule has 2 aliphatic rings. The fourth-order valence-electron chi connectivity index (χ4n) is 3.18. The molecule has 1 aromatic carbocycles. The normalized spacial score (nSPS) is 24.2. The molecule has 2 heterocycles. The number of fused-ring (bicyclic) bond motifs is 1. The van der Waals surface area contributed by atoms with Gasteiger partial charge in [-0.25, -0.2) is 0 Å². The molecule has 3 rings (SSSR count). The second kappa shape index (κ2) is 6.22. The molecule has 0 amide bonds. The Labute approximate surface area is 126 Å². The monoisotopic (exact) mass is 291 g/mol. The maximum Gasteiger partial charge on any atom is 0.231 e. The van der Waals surface area contributed by atoms with Crippen LogP contribution in [-0.4, -0.2) is 62.9 Å². The van der Waals surface area contributed by atoms with Gasteiger partial charge in [0.05, 0.1) is 0 Å². The maximum atomic E-state index is 5.49. The van der Waals surface area contributed by atoms with Gasteiger partial charge < -0.3 is 19.7 Å². The fourth-order valence-corrected chi connectivity index (χ4v) is 3.18. The van der Waals surface area contributed by atoms with E-state index in [1.165, 1.54) is 5.56 Å². The zero-order valence-corrected chi connectivity index (χ0v) is 13.1. The van der Waals surface area contributed by atoms with Crippen LogP contribution in [0, 0.1) is 0 Å². The van der Waals surface area contributed by atoms with Crippen molar-refractivity contribution in [2.45, 2.75) is 19.0 Å². The molecule has 0 saturated carbocycles. The summed E-state index contributed by atoms with van der Waals surface area (Å²) in [5.41, 5.74) is 1.26. The Morgan fingerprint density at radius 3 is 2.86 bits per heavy atom. The fraction of sp³-hybridized carbons (Fsp3) is 0.625. The first-order valence-corrected chi connectivity index (χ1v) is 7.67. The van der Waals surface area contributed by atoms with E-state index >= 15 is 0 Å². The van der Waals surface area contributed by atoms with Crippen LogP contribution in [0.1, 0.15) is 18.5 Å². The Bertz CT molecular complexity index is 494. The van der Waals surface area contributed by atoms with Crippen LogP contribution in [0.5, 0.6) is 11.5 Å². The predicted octanol–water partition coefficient (Wildman–Crippen LogP) is 1.31. The van der Waals surface area contributed by atoms with Gasteiger partial charge in [0.25, 0.3) is 0 Å². The third kappa shape index (κ3) is 3.15. The number of ether oxygens (including phenoxy) is 2. The highest BCUT2D eigenvalue weighted by molar-refractivity contribution is 5.45. The van der Waals surface area contributed by atoms with Crippen molar-refractivity contribution in [3.05, 3.63) is 23.8 Å². The molecular weight excluding hydrogens is 266 g/mol. The van der Waals surface area contributed by atoms with Crippen LogP contribution >= 0.6 is 0 Å². The zero-order chi connectivity index (χ0) is 14.8. The number of piperazine rings is 1. The summed E-state index contributed by atoms with van der Waals surface area (Å²) in [5, 5.41) is 3.44. The van der Waals surface area contributed by atoms with Crippen molar-refractivity contribution in [1.29, 1.82) is 0 Å². The van der Waals surface area contributed by atoms with E-state index in [1.54, 1.807) is 0 Å². The summed E-state index contributed by atoms with van der Waals surface area (Å²) in [6.07, 6.45) is 0. The number of nitrogens with zero attached hydrogens (tertiary/aromatic N) is 2. The number of hydrogen-bond donors (Lipinski definition) is 1. The summed E-state index contributed by atoms with van der Waals surface area (Å²) < 4.78 is 10.9. The van der Waals surface area contributed by atoms with Crippen molar-refractivity contribution in [3.8, 4) is 11.5 Å². The van der Waals surface area contributed by atoms with Gasteiger partial charge in [0.1, 0.15) is 0 Å². The van der Waals surface area contributed by atoms with E-state index in [0.717, 1.165) is 37.7 Å². The first-order valence-electron chi connectivity index (χ1n) is 7.67. The molecule has 0 radical (unpaired) electrons. The number of likely N-dealkylation sites (N-methyl/N-ethyl adjacent to an activating group) is 2. The molecule has 5 nitrogen and oxygen atoms in total. The van der Waals surface area contributed by atoms with Gasteiger partial charge in [0, 0.05) is 38.3 Å². The van der Waals surface area contributed by atoms with Crippen LogP contribution < -0.4 is 14.8 Å². The Morgan fingerprint density at radius 2 is 2.10 bits per heavy atom. The second-order valence-electron chi connectivity index (χ2n) is 6.06. The SMILES string of the molecule is CNC(CN1CCN(C)CC1C)c1ccc2c(c1)OCO2. The minimum atomic E-state index is 0.311. The van der Waals surface area contributed by atoms with E-state index in [0.29, 0.717) is 18.9 Å². The Balaban J connectivity index is 1.70. The van der Waals surface area contributed by atoms with Gasteiger partial charge in [0.15, 0.2) is 11.5 Å². The van der Waals surface area contributed by atoms with Gasteiger partial charge in [-0.3, -0.25) is 4.90 Å². The van der Waals surface area contributed by atoms with Crippen LogP contribution in [0.2, 0.25) is 0 Å². The van der Waals surface area contributed by atoms with Gasteiger partial charge in [-0.1, -0.05) is 6.07 Å². The third-order valence-corrected chi connectivity index (χ3v) is 4.53. The smallest absolute Gasteiger partial charge is 0.231 e. The number of rotatable bonds is 4. The molecule has 0 aliphatic carbocycles. The lowest BCUT2D eigenvalue weighted by atomic mass is 10.0. The summed E-state index contributed by atoms with van der Waals surface area (Å²) in [4.78, 5) is 4.96. The minimum Gasteiger partial charge on any atom is -0.454 e. The molecular formula is C16H25N3O2. The second-order valence-corrected chi connectivity index (χ2v) is 6.06. The van der Waals surface area contributed by atoms with Gasteiger partial charge in [-0.2, -0.15) is 0 Å². The predicted molar refractivity (Wildman–Crippen MR) is 82.9 cm³/mol. The molecule has 1 aromatic rings. The Hall–Kier alpha value is -1.30. The van der Waals surface area contributed by atoms with Crippen molar-refractivity contribution in [2.24, 2.45) is 0 Å². The summed E-state index contributed by atoms with van der Waals surface area (Å²) in [7, 11) is 4.22. The topological polar surface area (TPSA) is 37.0 Å². The third-order valence-electron chi connectivity index (χ3n) is 4.53. The molecule has 0 bridgehead atoms. The lowest BCUT2D eigenvalue weighted by molar-refractivity contribution is 0.0913. The van der Waals surface area contributed by atoms with Gasteiger partial charge >= 0.3 is 0 Å². The van der Waals surface area contributed by atoms with Gasteiger partial charge in [-0.05, 0) is 38.7 Å². The summed E-state index contributed by atoms with van der Waals surface area (Å²) in [6, 6.07) is 7.15. The molecule has 1 saturated heterocycles. The van der Waals surface area contributed by atoms with Crippen LogP contribution in [0.4, 0.5) is 0 Å². The Morgan fingerprint density at radius 1 is 1.29 bits per heavy atom. The van der Waals surface area contributed by atoms with E-state index in [2.05, 4.69) is 41.2 Å². The summed E-state index contributed by atoms with van der Waals surface area (Å²) >= 11 is 0. The molecule has 5 heteroatoms. The maximum absolute atomic E-state index is 5.49. The van der Waals surface area contributed by atoms with Crippen LogP contribution in [0.3, 0.4) is 0 Å². The van der Waals surface area contributed by atoms with E-state index in [9.17, 15) is 0 Å². The first kappa shape index (κ1) is 14.6. The highest BCUT2D eigenvalue weighted by Crippen LogP contribution is 2.34. The highest BCUT2D eigenvalue weighted by atomic mass is 16.7. The largest absolute Gasteiger partial charge is 0.454 e. The van der Waals surface area contributed by atoms with Gasteiger partial charge in [0.2, 0.25) is 6.79 Å². The molecule has 21 heavy (non-hydrogen) atoms. The summed E-state index contributed by atoms with van der Waals surface area (Å²) in [5.74, 6) is 1.71. The average molecular weight is 291 g/mol. The molecule has 1 N–H and O–H groups in total. The number of hydrogen-bond acceptors (Lipinski definition) is 5. The van der Waals surface area contributed by atoms with E-state index in [4.69, 9.17) is 9.47 Å². The van der Waals surface area contributed by atoms with E-state index < -0.39 is 0 Å². The van der Waals surface area contributed by atoms with Crippen LogP contribution in [0.25, 0.3) is 0 Å².